The van der Waals surface area contributed by atoms with Crippen LogP contribution in [0.25, 0.3) is 0 Å². The van der Waals surface area contributed by atoms with Gasteiger partial charge in [0.2, 0.25) is 0 Å². The fraction of sp³-hybridized carbons (Fsp3) is 0.333. The van der Waals surface area contributed by atoms with Gasteiger partial charge in [0.15, 0.2) is 11.5 Å². The molecule has 6 nitrogen and oxygen atoms in total. The third-order valence-corrected chi connectivity index (χ3v) is 2.91. The summed E-state index contributed by atoms with van der Waals surface area (Å²) in [7, 11) is 4.63. The SMILES string of the molecule is COc1ccc(C2C(=O)NC(=O)N2C)cc1OC. The highest BCUT2D eigenvalue weighted by Gasteiger charge is 2.37. The van der Waals surface area contributed by atoms with Gasteiger partial charge in [0.05, 0.1) is 14.2 Å². The Hall–Kier alpha value is -2.24. The van der Waals surface area contributed by atoms with Gasteiger partial charge in [0, 0.05) is 7.05 Å². The number of rotatable bonds is 3. The van der Waals surface area contributed by atoms with Crippen LogP contribution >= 0.6 is 0 Å². The molecule has 0 aliphatic carbocycles. The Morgan fingerprint density at radius 2 is 1.83 bits per heavy atom. The lowest BCUT2D eigenvalue weighted by Gasteiger charge is -2.18. The maximum absolute atomic E-state index is 11.7. The van der Waals surface area contributed by atoms with E-state index in [1.54, 1.807) is 25.2 Å². The number of nitrogens with zero attached hydrogens (tertiary/aromatic N) is 1. The van der Waals surface area contributed by atoms with Crippen LogP contribution in [0.3, 0.4) is 0 Å². The number of hydrogen-bond acceptors (Lipinski definition) is 4. The number of carbonyl (C=O) groups excluding carboxylic acids is 2. The molecule has 0 saturated carbocycles. The molecule has 0 radical (unpaired) electrons. The summed E-state index contributed by atoms with van der Waals surface area (Å²) < 4.78 is 10.3. The molecule has 1 unspecified atom stereocenters. The first-order chi connectivity index (χ1) is 8.58. The maximum Gasteiger partial charge on any atom is 0.324 e. The Balaban J connectivity index is 2.40. The molecule has 2 rings (SSSR count). The van der Waals surface area contributed by atoms with Gasteiger partial charge in [-0.05, 0) is 17.7 Å². The number of hydrogen-bond donors (Lipinski definition) is 1. The van der Waals surface area contributed by atoms with Gasteiger partial charge in [0.25, 0.3) is 5.91 Å². The summed E-state index contributed by atoms with van der Waals surface area (Å²) in [4.78, 5) is 24.4. The summed E-state index contributed by atoms with van der Waals surface area (Å²) in [6.45, 7) is 0. The van der Waals surface area contributed by atoms with E-state index >= 15 is 0 Å². The number of ether oxygens (including phenoxy) is 2. The summed E-state index contributed by atoms with van der Waals surface area (Å²) in [5, 5.41) is 2.26. The molecule has 3 amide bonds. The second kappa shape index (κ2) is 4.56. The predicted molar refractivity (Wildman–Crippen MR) is 63.6 cm³/mol. The second-order valence-corrected chi connectivity index (χ2v) is 3.92. The number of amides is 3. The second-order valence-electron chi connectivity index (χ2n) is 3.92. The Morgan fingerprint density at radius 3 is 2.33 bits per heavy atom. The zero-order valence-corrected chi connectivity index (χ0v) is 10.4. The number of likely N-dealkylation sites (N-methyl/N-ethyl adjacent to an activating group) is 1. The molecular weight excluding hydrogens is 236 g/mol. The van der Waals surface area contributed by atoms with E-state index in [1.165, 1.54) is 19.1 Å². The summed E-state index contributed by atoms with van der Waals surface area (Å²) >= 11 is 0. The largest absolute Gasteiger partial charge is 0.493 e. The van der Waals surface area contributed by atoms with Crippen LogP contribution in [0, 0.1) is 0 Å². The first-order valence-electron chi connectivity index (χ1n) is 5.38. The number of nitrogens with one attached hydrogen (secondary N) is 1. The van der Waals surface area contributed by atoms with Gasteiger partial charge >= 0.3 is 6.03 Å². The van der Waals surface area contributed by atoms with E-state index in [-0.39, 0.29) is 5.91 Å². The average molecular weight is 250 g/mol. The minimum Gasteiger partial charge on any atom is -0.493 e. The third-order valence-electron chi connectivity index (χ3n) is 2.91. The lowest BCUT2D eigenvalue weighted by Crippen LogP contribution is -2.25. The molecule has 1 fully saturated rings. The molecule has 6 heteroatoms. The number of benzene rings is 1. The maximum atomic E-state index is 11.7. The minimum atomic E-state index is -0.627. The van der Waals surface area contributed by atoms with Crippen LogP contribution in [0.1, 0.15) is 11.6 Å². The molecular formula is C12H14N2O4. The highest BCUT2D eigenvalue weighted by atomic mass is 16.5. The zero-order valence-electron chi connectivity index (χ0n) is 10.4. The van der Waals surface area contributed by atoms with Crippen molar-refractivity contribution in [2.75, 3.05) is 21.3 Å². The number of methoxy groups -OCH3 is 2. The summed E-state index contributed by atoms with van der Waals surface area (Å²) in [5.41, 5.74) is 0.679. The molecule has 1 atom stereocenters. The smallest absolute Gasteiger partial charge is 0.324 e. The van der Waals surface area contributed by atoms with Gasteiger partial charge in [-0.2, -0.15) is 0 Å². The van der Waals surface area contributed by atoms with Crippen molar-refractivity contribution in [2.24, 2.45) is 0 Å². The molecule has 0 spiro atoms. The van der Waals surface area contributed by atoms with E-state index in [2.05, 4.69) is 5.32 Å². The van der Waals surface area contributed by atoms with Gasteiger partial charge < -0.3 is 14.4 Å². The summed E-state index contributed by atoms with van der Waals surface area (Å²) in [6.07, 6.45) is 0. The molecule has 1 aromatic carbocycles. The highest BCUT2D eigenvalue weighted by Crippen LogP contribution is 2.32. The van der Waals surface area contributed by atoms with Crippen LogP contribution in [0.15, 0.2) is 18.2 Å². The van der Waals surface area contributed by atoms with E-state index in [1.807, 2.05) is 0 Å². The molecule has 1 N–H and O–H groups in total. The van der Waals surface area contributed by atoms with Crippen molar-refractivity contribution in [3.63, 3.8) is 0 Å². The predicted octanol–water partition coefficient (Wildman–Crippen LogP) is 0.926. The Morgan fingerprint density at radius 1 is 1.17 bits per heavy atom. The van der Waals surface area contributed by atoms with Crippen molar-refractivity contribution in [3.8, 4) is 11.5 Å². The highest BCUT2D eigenvalue weighted by molar-refractivity contribution is 6.04. The molecule has 1 aliphatic heterocycles. The van der Waals surface area contributed by atoms with Crippen LogP contribution < -0.4 is 14.8 Å². The van der Waals surface area contributed by atoms with E-state index in [9.17, 15) is 9.59 Å². The lowest BCUT2D eigenvalue weighted by molar-refractivity contribution is -0.121. The summed E-state index contributed by atoms with van der Waals surface area (Å²) in [5.74, 6) is 0.763. The van der Waals surface area contributed by atoms with Crippen molar-refractivity contribution in [1.82, 2.24) is 10.2 Å². The Kier molecular flexibility index (Phi) is 3.10. The quantitative estimate of drug-likeness (QED) is 0.810. The standard InChI is InChI=1S/C12H14N2O4/c1-14-10(11(15)13-12(14)16)7-4-5-8(17-2)9(6-7)18-3/h4-6,10H,1-3H3,(H,13,15,16). The van der Waals surface area contributed by atoms with Gasteiger partial charge in [-0.3, -0.25) is 10.1 Å². The molecule has 96 valence electrons. The van der Waals surface area contributed by atoms with E-state index in [0.29, 0.717) is 17.1 Å². The van der Waals surface area contributed by atoms with Crippen LogP contribution in [0.2, 0.25) is 0 Å². The number of carbonyl (C=O) groups is 2. The number of imide groups is 1. The first-order valence-corrected chi connectivity index (χ1v) is 5.38. The third kappa shape index (κ3) is 1.85. The van der Waals surface area contributed by atoms with E-state index in [0.717, 1.165) is 0 Å². The van der Waals surface area contributed by atoms with Crippen molar-refractivity contribution in [2.45, 2.75) is 6.04 Å². The normalized spacial score (nSPS) is 18.8. The minimum absolute atomic E-state index is 0.338. The van der Waals surface area contributed by atoms with Crippen LogP contribution in [0.5, 0.6) is 11.5 Å². The van der Waals surface area contributed by atoms with Crippen molar-refractivity contribution >= 4 is 11.9 Å². The average Bonchev–Trinajstić information content (AvgIpc) is 2.62. The first kappa shape index (κ1) is 12.2. The monoisotopic (exact) mass is 250 g/mol. The van der Waals surface area contributed by atoms with Crippen molar-refractivity contribution < 1.29 is 19.1 Å². The topological polar surface area (TPSA) is 67.9 Å². The van der Waals surface area contributed by atoms with Crippen molar-refractivity contribution in [1.29, 1.82) is 0 Å². The van der Waals surface area contributed by atoms with Gasteiger partial charge in [0.1, 0.15) is 6.04 Å². The van der Waals surface area contributed by atoms with E-state index in [4.69, 9.17) is 9.47 Å². The molecule has 1 aliphatic rings. The Labute approximate surface area is 104 Å². The molecule has 1 aromatic rings. The zero-order chi connectivity index (χ0) is 13.3. The molecule has 18 heavy (non-hydrogen) atoms. The van der Waals surface area contributed by atoms with Crippen LogP contribution in [0.4, 0.5) is 4.79 Å². The molecule has 0 bridgehead atoms. The van der Waals surface area contributed by atoms with Crippen LogP contribution in [-0.4, -0.2) is 38.1 Å². The fourth-order valence-corrected chi connectivity index (χ4v) is 1.95. The lowest BCUT2D eigenvalue weighted by atomic mass is 10.1. The van der Waals surface area contributed by atoms with Crippen molar-refractivity contribution in [3.05, 3.63) is 23.8 Å². The van der Waals surface area contributed by atoms with E-state index < -0.39 is 12.1 Å². The van der Waals surface area contributed by atoms with Crippen LogP contribution in [-0.2, 0) is 4.79 Å². The Bertz CT molecular complexity index is 501. The van der Waals surface area contributed by atoms with Gasteiger partial charge in [-0.15, -0.1) is 0 Å². The fourth-order valence-electron chi connectivity index (χ4n) is 1.95. The van der Waals surface area contributed by atoms with Gasteiger partial charge in [-0.1, -0.05) is 6.07 Å². The molecule has 1 heterocycles. The molecule has 1 saturated heterocycles. The molecule has 0 aromatic heterocycles. The number of urea groups is 1. The van der Waals surface area contributed by atoms with Gasteiger partial charge in [-0.25, -0.2) is 4.79 Å². The summed E-state index contributed by atoms with van der Waals surface area (Å²) in [6, 6.07) is 4.11.